The molecule has 0 aliphatic heterocycles. The topological polar surface area (TPSA) is 58.9 Å². The monoisotopic (exact) mass is 336 g/mol. The van der Waals surface area contributed by atoms with Gasteiger partial charge in [0.1, 0.15) is 0 Å². The second-order valence-corrected chi connectivity index (χ2v) is 5.53. The third kappa shape index (κ3) is 44.9. The lowest BCUT2D eigenvalue weighted by Gasteiger charge is -1.99. The van der Waals surface area contributed by atoms with E-state index in [0.29, 0.717) is 6.42 Å². The highest BCUT2D eigenvalue weighted by atomic mass is 16.5. The summed E-state index contributed by atoms with van der Waals surface area (Å²) in [6.07, 6.45) is 9.12. The molecular formula is C19H44O4. The summed E-state index contributed by atoms with van der Waals surface area (Å²) in [5, 5.41) is 15.8. The standard InChI is InChI=1S/2C8H18O.C3H8O2/c2*1-3-5-7-9-8-6-4-2;1-2-3(4)5/h2*3-8H2,1-2H3;3-5H,2H2,1H3. The van der Waals surface area contributed by atoms with Gasteiger partial charge in [0.2, 0.25) is 0 Å². The van der Waals surface area contributed by atoms with Crippen LogP contribution in [0.5, 0.6) is 0 Å². The number of hydrogen-bond acceptors (Lipinski definition) is 4. The zero-order valence-electron chi connectivity index (χ0n) is 16.5. The van der Waals surface area contributed by atoms with E-state index >= 15 is 0 Å². The van der Waals surface area contributed by atoms with Crippen LogP contribution in [0.25, 0.3) is 0 Å². The molecule has 0 atom stereocenters. The van der Waals surface area contributed by atoms with Gasteiger partial charge in [-0.25, -0.2) is 0 Å². The zero-order chi connectivity index (χ0) is 18.2. The molecule has 0 amide bonds. The highest BCUT2D eigenvalue weighted by Crippen LogP contribution is 1.92. The Kier molecular flexibility index (Phi) is 35.9. The van der Waals surface area contributed by atoms with E-state index in [1.807, 2.05) is 0 Å². The molecule has 4 nitrogen and oxygen atoms in total. The number of rotatable bonds is 13. The maximum Gasteiger partial charge on any atom is 0.151 e. The van der Waals surface area contributed by atoms with Gasteiger partial charge >= 0.3 is 0 Å². The van der Waals surface area contributed by atoms with Crippen LogP contribution in [-0.4, -0.2) is 42.9 Å². The molecule has 2 N–H and O–H groups in total. The molecule has 0 aromatic carbocycles. The fraction of sp³-hybridized carbons (Fsp3) is 1.00. The molecule has 0 saturated carbocycles. The van der Waals surface area contributed by atoms with Crippen molar-refractivity contribution in [1.82, 2.24) is 0 Å². The number of hydrogen-bond donors (Lipinski definition) is 2. The van der Waals surface area contributed by atoms with Crippen LogP contribution >= 0.6 is 0 Å². The van der Waals surface area contributed by atoms with Crippen molar-refractivity contribution in [1.29, 1.82) is 0 Å². The Balaban J connectivity index is -0.000000273. The van der Waals surface area contributed by atoms with E-state index in [-0.39, 0.29) is 0 Å². The molecule has 4 heteroatoms. The van der Waals surface area contributed by atoms with Crippen LogP contribution < -0.4 is 0 Å². The number of unbranched alkanes of at least 4 members (excludes halogenated alkanes) is 4. The highest BCUT2D eigenvalue weighted by molar-refractivity contribution is 4.34. The summed E-state index contributed by atoms with van der Waals surface area (Å²) in [4.78, 5) is 0. The summed E-state index contributed by atoms with van der Waals surface area (Å²) < 4.78 is 10.6. The number of aliphatic hydroxyl groups excluding tert-OH is 1. The Bertz CT molecular complexity index is 137. The minimum atomic E-state index is -1.12. The normalized spacial score (nSPS) is 9.91. The molecule has 0 unspecified atom stereocenters. The summed E-state index contributed by atoms with van der Waals surface area (Å²) in [6.45, 7) is 14.3. The van der Waals surface area contributed by atoms with Gasteiger partial charge in [0, 0.05) is 26.4 Å². The second kappa shape index (κ2) is 29.8. The summed E-state index contributed by atoms with van der Waals surface area (Å²) in [5.41, 5.74) is 0. The van der Waals surface area contributed by atoms with Crippen LogP contribution in [0.2, 0.25) is 0 Å². The Labute approximate surface area is 145 Å². The smallest absolute Gasteiger partial charge is 0.151 e. The van der Waals surface area contributed by atoms with Crippen molar-refractivity contribution in [3.63, 3.8) is 0 Å². The number of aliphatic hydroxyl groups is 2. The summed E-state index contributed by atoms with van der Waals surface area (Å²) in [7, 11) is 0. The average Bonchev–Trinajstić information content (AvgIpc) is 2.56. The first-order valence-corrected chi connectivity index (χ1v) is 9.61. The molecule has 0 fully saturated rings. The van der Waals surface area contributed by atoms with E-state index < -0.39 is 6.29 Å². The van der Waals surface area contributed by atoms with Gasteiger partial charge in [-0.05, 0) is 32.1 Å². The van der Waals surface area contributed by atoms with Gasteiger partial charge < -0.3 is 19.7 Å². The van der Waals surface area contributed by atoms with Crippen molar-refractivity contribution in [2.45, 2.75) is 98.7 Å². The van der Waals surface area contributed by atoms with E-state index in [4.69, 9.17) is 19.7 Å². The van der Waals surface area contributed by atoms with E-state index in [2.05, 4.69) is 27.7 Å². The van der Waals surface area contributed by atoms with Crippen molar-refractivity contribution in [3.05, 3.63) is 0 Å². The van der Waals surface area contributed by atoms with E-state index in [0.717, 1.165) is 26.4 Å². The largest absolute Gasteiger partial charge is 0.381 e. The van der Waals surface area contributed by atoms with Crippen molar-refractivity contribution in [2.24, 2.45) is 0 Å². The molecule has 0 radical (unpaired) electrons. The lowest BCUT2D eigenvalue weighted by atomic mass is 10.3. The van der Waals surface area contributed by atoms with Gasteiger partial charge in [-0.1, -0.05) is 60.3 Å². The van der Waals surface area contributed by atoms with Crippen LogP contribution in [0, 0.1) is 0 Å². The fourth-order valence-corrected chi connectivity index (χ4v) is 1.19. The summed E-state index contributed by atoms with van der Waals surface area (Å²) in [6, 6.07) is 0. The van der Waals surface area contributed by atoms with Crippen molar-refractivity contribution in [2.75, 3.05) is 26.4 Å². The Morgan fingerprint density at radius 2 is 0.783 bits per heavy atom. The third-order valence-electron chi connectivity index (χ3n) is 2.93. The molecule has 0 aliphatic carbocycles. The Hall–Kier alpha value is -0.160. The van der Waals surface area contributed by atoms with Gasteiger partial charge in [-0.3, -0.25) is 0 Å². The van der Waals surface area contributed by atoms with Crippen LogP contribution in [0.3, 0.4) is 0 Å². The maximum atomic E-state index is 7.92. The predicted molar refractivity (Wildman–Crippen MR) is 99.8 cm³/mol. The van der Waals surface area contributed by atoms with E-state index in [9.17, 15) is 0 Å². The van der Waals surface area contributed by atoms with Gasteiger partial charge in [0.15, 0.2) is 6.29 Å². The van der Waals surface area contributed by atoms with E-state index in [1.54, 1.807) is 6.92 Å². The number of ether oxygens (including phenoxy) is 2. The Morgan fingerprint density at radius 3 is 0.913 bits per heavy atom. The van der Waals surface area contributed by atoms with Gasteiger partial charge in [0.25, 0.3) is 0 Å². The lowest BCUT2D eigenvalue weighted by Crippen LogP contribution is -1.99. The first-order valence-electron chi connectivity index (χ1n) is 9.61. The molecule has 0 aliphatic rings. The lowest BCUT2D eigenvalue weighted by molar-refractivity contribution is -0.0413. The zero-order valence-corrected chi connectivity index (χ0v) is 16.5. The van der Waals surface area contributed by atoms with Crippen LogP contribution in [-0.2, 0) is 9.47 Å². The third-order valence-corrected chi connectivity index (χ3v) is 2.93. The van der Waals surface area contributed by atoms with Gasteiger partial charge in [-0.15, -0.1) is 0 Å². The molecule has 0 heterocycles. The average molecular weight is 337 g/mol. The van der Waals surface area contributed by atoms with Gasteiger partial charge in [0.05, 0.1) is 0 Å². The van der Waals surface area contributed by atoms with Crippen LogP contribution in [0.1, 0.15) is 92.4 Å². The molecule has 0 spiro atoms. The SMILES string of the molecule is CCC(O)O.CCCCOCCCC.CCCCOCCCC. The molecule has 144 valence electrons. The fourth-order valence-electron chi connectivity index (χ4n) is 1.19. The van der Waals surface area contributed by atoms with Crippen LogP contribution in [0.4, 0.5) is 0 Å². The molecule has 23 heavy (non-hydrogen) atoms. The molecule has 0 bridgehead atoms. The maximum absolute atomic E-state index is 7.92. The van der Waals surface area contributed by atoms with Crippen molar-refractivity contribution >= 4 is 0 Å². The van der Waals surface area contributed by atoms with Crippen LogP contribution in [0.15, 0.2) is 0 Å². The summed E-state index contributed by atoms with van der Waals surface area (Å²) in [5.74, 6) is 0. The first-order chi connectivity index (χ1) is 11.1. The van der Waals surface area contributed by atoms with E-state index in [1.165, 1.54) is 51.4 Å². The van der Waals surface area contributed by atoms with Crippen molar-refractivity contribution in [3.8, 4) is 0 Å². The second-order valence-electron chi connectivity index (χ2n) is 5.53. The predicted octanol–water partition coefficient (Wildman–Crippen LogP) is 4.91. The Morgan fingerprint density at radius 1 is 0.565 bits per heavy atom. The molecule has 0 rings (SSSR count). The summed E-state index contributed by atoms with van der Waals surface area (Å²) >= 11 is 0. The van der Waals surface area contributed by atoms with Crippen molar-refractivity contribution < 1.29 is 19.7 Å². The first kappa shape index (κ1) is 27.7. The highest BCUT2D eigenvalue weighted by Gasteiger charge is 1.85. The molecular weight excluding hydrogens is 292 g/mol. The molecule has 0 saturated heterocycles. The quantitative estimate of drug-likeness (QED) is 0.370. The molecule has 0 aromatic heterocycles. The van der Waals surface area contributed by atoms with Gasteiger partial charge in [-0.2, -0.15) is 0 Å². The molecule has 0 aromatic rings. The minimum Gasteiger partial charge on any atom is -0.381 e. The minimum absolute atomic E-state index is 0.417.